The Balaban J connectivity index is 0.728. The van der Waals surface area contributed by atoms with Crippen LogP contribution in [0.1, 0.15) is 102 Å². The molecule has 1 aliphatic carbocycles. The SMILES string of the molecule is N#Cc1ccc(OC2CCC(NC(=O)c3ccc(N4CCC(CN5CCC(Cc6ccc7c(c6)CN(C6CCC(=O)NC6=O)C7=O)CC5)CC4)nn3)CC2)cc1Cl. The van der Waals surface area contributed by atoms with Crippen molar-refractivity contribution in [2.45, 2.75) is 95.4 Å². The Bertz CT molecular complexity index is 2030. The zero-order valence-electron chi connectivity index (χ0n) is 32.1. The summed E-state index contributed by atoms with van der Waals surface area (Å²) in [5.41, 5.74) is 3.63. The van der Waals surface area contributed by atoms with Crippen molar-refractivity contribution in [1.29, 1.82) is 5.26 Å². The molecule has 4 aliphatic heterocycles. The lowest BCUT2D eigenvalue weighted by Gasteiger charge is -2.38. The van der Waals surface area contributed by atoms with Gasteiger partial charge in [-0.2, -0.15) is 5.26 Å². The number of aromatic nitrogens is 2. The number of carbonyl (C=O) groups is 4. The van der Waals surface area contributed by atoms with Crippen molar-refractivity contribution in [2.24, 2.45) is 11.8 Å². The molecule has 1 aromatic heterocycles. The number of nitriles is 1. The molecule has 4 amide bonds. The second-order valence-electron chi connectivity index (χ2n) is 16.4. The van der Waals surface area contributed by atoms with Crippen LogP contribution in [0.4, 0.5) is 5.82 Å². The molecule has 13 nitrogen and oxygen atoms in total. The van der Waals surface area contributed by atoms with Gasteiger partial charge in [0.05, 0.1) is 16.7 Å². The van der Waals surface area contributed by atoms with E-state index in [0.717, 1.165) is 102 Å². The summed E-state index contributed by atoms with van der Waals surface area (Å²) in [6.45, 7) is 5.55. The van der Waals surface area contributed by atoms with E-state index in [4.69, 9.17) is 21.6 Å². The van der Waals surface area contributed by atoms with E-state index in [9.17, 15) is 19.2 Å². The number of likely N-dealkylation sites (tertiary alicyclic amines) is 1. The number of rotatable bonds is 10. The molecule has 2 aromatic carbocycles. The van der Waals surface area contributed by atoms with Gasteiger partial charge in [-0.3, -0.25) is 24.5 Å². The van der Waals surface area contributed by atoms with Gasteiger partial charge in [0.1, 0.15) is 17.9 Å². The van der Waals surface area contributed by atoms with Crippen LogP contribution in [0.25, 0.3) is 0 Å². The van der Waals surface area contributed by atoms with Crippen LogP contribution < -0.4 is 20.3 Å². The molecule has 57 heavy (non-hydrogen) atoms. The molecule has 1 atom stereocenters. The fourth-order valence-electron chi connectivity index (χ4n) is 9.22. The Labute approximate surface area is 338 Å². The number of amides is 4. The van der Waals surface area contributed by atoms with Gasteiger partial charge in [-0.15, -0.1) is 10.2 Å². The summed E-state index contributed by atoms with van der Waals surface area (Å²) in [6.07, 6.45) is 9.36. The molecule has 0 spiro atoms. The third kappa shape index (κ3) is 9.08. The van der Waals surface area contributed by atoms with Gasteiger partial charge in [0.25, 0.3) is 11.8 Å². The zero-order valence-corrected chi connectivity index (χ0v) is 32.9. The van der Waals surface area contributed by atoms with Crippen LogP contribution in [0.5, 0.6) is 5.75 Å². The normalized spacial score (nSPS) is 23.5. The summed E-state index contributed by atoms with van der Waals surface area (Å²) in [5.74, 6) is 1.72. The van der Waals surface area contributed by atoms with Crippen molar-refractivity contribution in [3.05, 3.63) is 81.5 Å². The Kier molecular flexibility index (Phi) is 11.7. The molecule has 3 aromatic rings. The van der Waals surface area contributed by atoms with E-state index in [0.29, 0.717) is 52.4 Å². The minimum Gasteiger partial charge on any atom is -0.490 e. The van der Waals surface area contributed by atoms with E-state index < -0.39 is 6.04 Å². The predicted octanol–water partition coefficient (Wildman–Crippen LogP) is 5.05. The van der Waals surface area contributed by atoms with Crippen LogP contribution in [0.2, 0.25) is 5.02 Å². The first-order valence-electron chi connectivity index (χ1n) is 20.4. The summed E-state index contributed by atoms with van der Waals surface area (Å²) in [7, 11) is 0. The molecule has 0 bridgehead atoms. The molecule has 298 valence electrons. The molecule has 8 rings (SSSR count). The first-order chi connectivity index (χ1) is 27.7. The minimum atomic E-state index is -0.586. The Morgan fingerprint density at radius 2 is 1.67 bits per heavy atom. The highest BCUT2D eigenvalue weighted by molar-refractivity contribution is 6.31. The smallest absolute Gasteiger partial charge is 0.272 e. The van der Waals surface area contributed by atoms with Crippen LogP contribution in [-0.2, 0) is 22.6 Å². The van der Waals surface area contributed by atoms with Crippen molar-refractivity contribution >= 4 is 41.0 Å². The number of hydrogen-bond donors (Lipinski definition) is 2. The Morgan fingerprint density at radius 3 is 2.37 bits per heavy atom. The fourth-order valence-corrected chi connectivity index (χ4v) is 9.44. The Hall–Kier alpha value is -5.06. The standard InChI is InChI=1S/C43H49ClN8O5/c44-36-23-34(5-2-30(36)24-45)57-33-6-3-32(4-7-33)46-41(54)37-9-11-39(49-48-37)51-19-15-28(16-20-51)25-50-17-13-27(14-18-50)21-29-1-8-35-31(22-29)26-52(43(35)56)38-10-12-40(53)47-42(38)55/h1-2,5,8-9,11,22-23,27-28,32-33,38H,3-4,6-7,10,12-21,25-26H2,(H,46,54)(H,47,53,55). The summed E-state index contributed by atoms with van der Waals surface area (Å²) < 4.78 is 6.09. The van der Waals surface area contributed by atoms with E-state index >= 15 is 0 Å². The van der Waals surface area contributed by atoms with Gasteiger partial charge in [-0.1, -0.05) is 23.7 Å². The molecule has 3 saturated heterocycles. The summed E-state index contributed by atoms with van der Waals surface area (Å²) in [5, 5.41) is 23.7. The number of imide groups is 1. The second-order valence-corrected chi connectivity index (χ2v) is 16.8. The first-order valence-corrected chi connectivity index (χ1v) is 20.8. The second kappa shape index (κ2) is 17.2. The first kappa shape index (κ1) is 38.8. The maximum atomic E-state index is 13.1. The summed E-state index contributed by atoms with van der Waals surface area (Å²) >= 11 is 6.15. The third-order valence-electron chi connectivity index (χ3n) is 12.5. The van der Waals surface area contributed by atoms with Crippen molar-refractivity contribution < 1.29 is 23.9 Å². The number of carbonyl (C=O) groups excluding carboxylic acids is 4. The fraction of sp³-hybridized carbons (Fsp3) is 0.512. The lowest BCUT2D eigenvalue weighted by Crippen LogP contribution is -2.52. The number of fused-ring (bicyclic) bond motifs is 1. The minimum absolute atomic E-state index is 0.0325. The number of nitrogens with one attached hydrogen (secondary N) is 2. The monoisotopic (exact) mass is 792 g/mol. The van der Waals surface area contributed by atoms with Crippen LogP contribution in [-0.4, -0.2) is 94.5 Å². The van der Waals surface area contributed by atoms with Crippen LogP contribution >= 0.6 is 11.6 Å². The van der Waals surface area contributed by atoms with Gasteiger partial charge in [-0.25, -0.2) is 0 Å². The lowest BCUT2D eigenvalue weighted by atomic mass is 9.88. The molecule has 14 heteroatoms. The van der Waals surface area contributed by atoms with Crippen molar-refractivity contribution in [3.8, 4) is 11.8 Å². The number of anilines is 1. The van der Waals surface area contributed by atoms with E-state index in [1.54, 1.807) is 29.2 Å². The van der Waals surface area contributed by atoms with E-state index in [1.165, 1.54) is 5.56 Å². The van der Waals surface area contributed by atoms with Gasteiger partial charge < -0.3 is 24.8 Å². The number of hydrogen-bond acceptors (Lipinski definition) is 10. The molecule has 1 saturated carbocycles. The highest BCUT2D eigenvalue weighted by Gasteiger charge is 2.39. The number of nitrogens with zero attached hydrogens (tertiary/aromatic N) is 6. The van der Waals surface area contributed by atoms with Crippen LogP contribution in [0.15, 0.2) is 48.5 Å². The lowest BCUT2D eigenvalue weighted by molar-refractivity contribution is -0.136. The van der Waals surface area contributed by atoms with E-state index in [-0.39, 0.29) is 42.2 Å². The maximum Gasteiger partial charge on any atom is 0.272 e. The van der Waals surface area contributed by atoms with Gasteiger partial charge in [0.2, 0.25) is 11.8 Å². The van der Waals surface area contributed by atoms with E-state index in [1.807, 2.05) is 12.1 Å². The summed E-state index contributed by atoms with van der Waals surface area (Å²) in [6, 6.07) is 16.4. The molecular formula is C43H49ClN8O5. The van der Waals surface area contributed by atoms with Crippen LogP contribution in [0, 0.1) is 23.2 Å². The molecule has 5 aliphatic rings. The maximum absolute atomic E-state index is 13.1. The average Bonchev–Trinajstić information content (AvgIpc) is 3.54. The van der Waals surface area contributed by atoms with E-state index in [2.05, 4.69) is 48.8 Å². The number of benzene rings is 2. The third-order valence-corrected chi connectivity index (χ3v) is 12.8. The van der Waals surface area contributed by atoms with Crippen molar-refractivity contribution in [1.82, 2.24) is 30.6 Å². The summed E-state index contributed by atoms with van der Waals surface area (Å²) in [4.78, 5) is 56.6. The quantitative estimate of drug-likeness (QED) is 0.266. The number of ether oxygens (including phenoxy) is 1. The van der Waals surface area contributed by atoms with Gasteiger partial charge >= 0.3 is 0 Å². The number of piperidine rings is 3. The highest BCUT2D eigenvalue weighted by atomic mass is 35.5. The molecule has 0 radical (unpaired) electrons. The molecular weight excluding hydrogens is 744 g/mol. The average molecular weight is 793 g/mol. The topological polar surface area (TPSA) is 161 Å². The van der Waals surface area contributed by atoms with Gasteiger partial charge in [0, 0.05) is 50.3 Å². The molecule has 4 fully saturated rings. The van der Waals surface area contributed by atoms with Crippen LogP contribution in [0.3, 0.4) is 0 Å². The molecule has 5 heterocycles. The largest absolute Gasteiger partial charge is 0.490 e. The molecule has 1 unspecified atom stereocenters. The van der Waals surface area contributed by atoms with Gasteiger partial charge in [0.15, 0.2) is 11.5 Å². The van der Waals surface area contributed by atoms with Gasteiger partial charge in [-0.05, 0) is 131 Å². The predicted molar refractivity (Wildman–Crippen MR) is 213 cm³/mol. The van der Waals surface area contributed by atoms with Crippen molar-refractivity contribution in [2.75, 3.05) is 37.6 Å². The zero-order chi connectivity index (χ0) is 39.5. The Morgan fingerprint density at radius 1 is 0.895 bits per heavy atom. The van der Waals surface area contributed by atoms with Crippen molar-refractivity contribution in [3.63, 3.8) is 0 Å². The highest BCUT2D eigenvalue weighted by Crippen LogP contribution is 2.32. The number of halogens is 1. The molecule has 2 N–H and O–H groups in total.